The fourth-order valence-corrected chi connectivity index (χ4v) is 2.47. The summed E-state index contributed by atoms with van der Waals surface area (Å²) in [4.78, 5) is 70.8. The molecule has 0 aromatic rings. The molecule has 0 unspecified atom stereocenters. The maximum atomic E-state index is 11.4. The number of rotatable bonds is 4. The summed E-state index contributed by atoms with van der Waals surface area (Å²) in [6.07, 6.45) is 1.89. The summed E-state index contributed by atoms with van der Waals surface area (Å²) < 4.78 is 0. The number of carbonyl (C=O) groups is 6. The Morgan fingerprint density at radius 3 is 1.81 bits per heavy atom. The van der Waals surface area contributed by atoms with Gasteiger partial charge in [-0.3, -0.25) is 38.6 Å². The van der Waals surface area contributed by atoms with Crippen LogP contribution >= 0.6 is 0 Å². The minimum Gasteiger partial charge on any atom is -0.360 e. The van der Waals surface area contributed by atoms with Crippen LogP contribution in [0.4, 0.5) is 0 Å². The molecule has 2 aliphatic rings. The van der Waals surface area contributed by atoms with Gasteiger partial charge in [-0.15, -0.1) is 0 Å². The van der Waals surface area contributed by atoms with Gasteiger partial charge in [-0.1, -0.05) is 0 Å². The molecule has 0 aromatic heterocycles. The molecule has 2 saturated heterocycles. The Morgan fingerprint density at radius 1 is 0.962 bits per heavy atom. The van der Waals surface area contributed by atoms with E-state index in [9.17, 15) is 28.8 Å². The van der Waals surface area contributed by atoms with E-state index >= 15 is 0 Å². The first-order chi connectivity index (χ1) is 12.2. The third kappa shape index (κ3) is 5.52. The Hall–Kier alpha value is -3.00. The second kappa shape index (κ2) is 9.47. The van der Waals surface area contributed by atoms with Crippen LogP contribution in [0.5, 0.6) is 0 Å². The topological polar surface area (TPSA) is 145 Å². The minimum atomic E-state index is -0.817. The quantitative estimate of drug-likeness (QED) is 0.285. The highest BCUT2D eigenvalue weighted by Crippen LogP contribution is 2.11. The summed E-state index contributed by atoms with van der Waals surface area (Å²) in [5, 5.41) is 0. The summed E-state index contributed by atoms with van der Waals surface area (Å²) in [6, 6.07) is 0. The second-order valence-corrected chi connectivity index (χ2v) is 5.88. The summed E-state index contributed by atoms with van der Waals surface area (Å²) in [6.45, 7) is 3.21. The van der Waals surface area contributed by atoms with E-state index in [2.05, 4.69) is 4.79 Å². The van der Waals surface area contributed by atoms with E-state index in [-0.39, 0.29) is 36.5 Å². The molecule has 0 saturated carbocycles. The molecule has 2 aliphatic heterocycles. The van der Waals surface area contributed by atoms with Gasteiger partial charge in [-0.05, 0) is 19.8 Å². The molecule has 2 heterocycles. The minimum absolute atomic E-state index is 0.147. The van der Waals surface area contributed by atoms with Crippen molar-refractivity contribution in [1.29, 1.82) is 0 Å². The molecule has 4 amide bonds. The Balaban J connectivity index is 0.000000263. The molecule has 0 aromatic carbocycles. The molecule has 10 nitrogen and oxygen atoms in total. The molecule has 0 bridgehead atoms. The lowest BCUT2D eigenvalue weighted by atomic mass is 10.2. The van der Waals surface area contributed by atoms with Gasteiger partial charge in [0.05, 0.1) is 6.42 Å². The third-order valence-corrected chi connectivity index (χ3v) is 3.73. The van der Waals surface area contributed by atoms with E-state index in [4.69, 9.17) is 5.53 Å². The zero-order valence-corrected chi connectivity index (χ0v) is 14.7. The van der Waals surface area contributed by atoms with Crippen LogP contribution in [0.15, 0.2) is 0 Å². The van der Waals surface area contributed by atoms with E-state index in [0.29, 0.717) is 25.8 Å². The Kier molecular flexibility index (Phi) is 7.67. The van der Waals surface area contributed by atoms with E-state index in [0.717, 1.165) is 18.2 Å². The van der Waals surface area contributed by atoms with Crippen molar-refractivity contribution in [1.82, 2.24) is 9.80 Å². The Morgan fingerprint density at radius 2 is 1.46 bits per heavy atom. The van der Waals surface area contributed by atoms with Crippen molar-refractivity contribution < 1.29 is 33.6 Å². The van der Waals surface area contributed by atoms with Gasteiger partial charge >= 0.3 is 11.6 Å². The normalized spacial score (nSPS) is 15.9. The van der Waals surface area contributed by atoms with Crippen LogP contribution < -0.4 is 0 Å². The monoisotopic (exact) mass is 364 g/mol. The highest BCUT2D eigenvalue weighted by atomic mass is 16.2. The standard InChI is InChI=1S/C8H9N3O3.C8H11NO3/c1-5(12)7(10-9)8(14)11-4-2-3-6(11)13;1-6(10)5-8(12)9-4-2-3-7(9)11/h2-4H2,1H3;2-5H2,1H3. The first-order valence-corrected chi connectivity index (χ1v) is 8.09. The van der Waals surface area contributed by atoms with Crippen molar-refractivity contribution in [3.05, 3.63) is 5.53 Å². The van der Waals surface area contributed by atoms with Crippen molar-refractivity contribution in [2.24, 2.45) is 0 Å². The van der Waals surface area contributed by atoms with Crippen molar-refractivity contribution in [2.45, 2.75) is 46.0 Å². The lowest BCUT2D eigenvalue weighted by Crippen LogP contribution is -2.40. The van der Waals surface area contributed by atoms with Gasteiger partial charge < -0.3 is 5.53 Å². The number of nitrogens with zero attached hydrogens (tertiary/aromatic N) is 4. The predicted molar refractivity (Wildman–Crippen MR) is 86.5 cm³/mol. The lowest BCUT2D eigenvalue weighted by Gasteiger charge is -2.11. The van der Waals surface area contributed by atoms with Gasteiger partial charge in [0, 0.05) is 32.9 Å². The van der Waals surface area contributed by atoms with E-state index in [1.54, 1.807) is 0 Å². The molecule has 0 radical (unpaired) electrons. The number of Topliss-reactive ketones (excluding diaryl/α,β-unsaturated/α-hetero) is 2. The van der Waals surface area contributed by atoms with E-state index < -0.39 is 17.4 Å². The fraction of sp³-hybridized carbons (Fsp3) is 0.562. The van der Waals surface area contributed by atoms with E-state index in [1.807, 2.05) is 0 Å². The maximum absolute atomic E-state index is 11.4. The Labute approximate surface area is 149 Å². The molecule has 26 heavy (non-hydrogen) atoms. The number of hydrogen-bond acceptors (Lipinski definition) is 6. The molecular weight excluding hydrogens is 344 g/mol. The largest absolute Gasteiger partial charge is 0.421 e. The molecule has 2 rings (SSSR count). The molecule has 0 atom stereocenters. The van der Waals surface area contributed by atoms with Gasteiger partial charge in [0.15, 0.2) is 0 Å². The number of likely N-dealkylation sites (tertiary alicyclic amines) is 2. The number of imide groups is 2. The SMILES string of the molecule is CC(=O)C(=[N+]=[N-])C(=O)N1CCCC1=O.CC(=O)CC(=O)N1CCCC1=O. The Bertz CT molecular complexity index is 708. The summed E-state index contributed by atoms with van der Waals surface area (Å²) in [7, 11) is 0. The summed E-state index contributed by atoms with van der Waals surface area (Å²) >= 11 is 0. The third-order valence-electron chi connectivity index (χ3n) is 3.73. The van der Waals surface area contributed by atoms with Crippen molar-refractivity contribution in [2.75, 3.05) is 13.1 Å². The van der Waals surface area contributed by atoms with Gasteiger partial charge in [-0.25, -0.2) is 0 Å². The number of carbonyl (C=O) groups excluding carboxylic acids is 6. The zero-order valence-electron chi connectivity index (χ0n) is 14.7. The molecule has 0 aliphatic carbocycles. The lowest BCUT2D eigenvalue weighted by molar-refractivity contribution is -0.144. The first kappa shape index (κ1) is 21.0. The average molecular weight is 364 g/mol. The van der Waals surface area contributed by atoms with Gasteiger partial charge in [0.25, 0.3) is 0 Å². The number of amides is 4. The van der Waals surface area contributed by atoms with Crippen molar-refractivity contribution in [3.8, 4) is 0 Å². The average Bonchev–Trinajstić information content (AvgIpc) is 3.15. The van der Waals surface area contributed by atoms with Crippen LogP contribution in [0, 0.1) is 0 Å². The molecule has 10 heteroatoms. The van der Waals surface area contributed by atoms with Gasteiger partial charge in [-0.2, -0.15) is 4.79 Å². The zero-order chi connectivity index (χ0) is 19.9. The van der Waals surface area contributed by atoms with Crippen LogP contribution in [-0.2, 0) is 28.8 Å². The predicted octanol–water partition coefficient (Wildman–Crippen LogP) is -0.490. The highest BCUT2D eigenvalue weighted by molar-refractivity contribution is 6.64. The van der Waals surface area contributed by atoms with Crippen LogP contribution in [0.25, 0.3) is 5.53 Å². The summed E-state index contributed by atoms with van der Waals surface area (Å²) in [5.41, 5.74) is 7.82. The van der Waals surface area contributed by atoms with Crippen LogP contribution in [-0.4, -0.2) is 68.6 Å². The van der Waals surface area contributed by atoms with Crippen LogP contribution in [0.1, 0.15) is 46.0 Å². The van der Waals surface area contributed by atoms with Crippen LogP contribution in [0.2, 0.25) is 0 Å². The first-order valence-electron chi connectivity index (χ1n) is 8.09. The smallest absolute Gasteiger partial charge is 0.360 e. The number of ketones is 2. The summed E-state index contributed by atoms with van der Waals surface area (Å²) in [5.74, 6) is -2.51. The highest BCUT2D eigenvalue weighted by Gasteiger charge is 2.36. The molecule has 140 valence electrons. The van der Waals surface area contributed by atoms with Crippen molar-refractivity contribution in [3.63, 3.8) is 0 Å². The second-order valence-electron chi connectivity index (χ2n) is 5.88. The molecule has 2 fully saturated rings. The van der Waals surface area contributed by atoms with E-state index in [1.165, 1.54) is 11.8 Å². The molecule has 0 N–H and O–H groups in total. The fourth-order valence-electron chi connectivity index (χ4n) is 2.47. The van der Waals surface area contributed by atoms with Crippen molar-refractivity contribution >= 4 is 40.9 Å². The van der Waals surface area contributed by atoms with Gasteiger partial charge in [0.2, 0.25) is 23.5 Å². The maximum Gasteiger partial charge on any atom is 0.421 e. The number of hydrogen-bond donors (Lipinski definition) is 0. The van der Waals surface area contributed by atoms with Crippen LogP contribution in [0.3, 0.4) is 0 Å². The molecule has 0 spiro atoms. The molecular formula is C16H20N4O6. The van der Waals surface area contributed by atoms with Gasteiger partial charge in [0.1, 0.15) is 5.78 Å².